The van der Waals surface area contributed by atoms with Gasteiger partial charge in [0, 0.05) is 13.1 Å². The van der Waals surface area contributed by atoms with Gasteiger partial charge in [0.2, 0.25) is 5.88 Å². The molecule has 2 heterocycles. The van der Waals surface area contributed by atoms with Crippen LogP contribution in [0.5, 0.6) is 5.88 Å². The van der Waals surface area contributed by atoms with Gasteiger partial charge in [0.15, 0.2) is 0 Å². The summed E-state index contributed by atoms with van der Waals surface area (Å²) in [6, 6.07) is 11.5. The van der Waals surface area contributed by atoms with E-state index in [2.05, 4.69) is 4.98 Å². The number of aryl methyl sites for hydroxylation is 1. The number of likely N-dealkylation sites (tertiary alicyclic amines) is 1. The predicted octanol–water partition coefficient (Wildman–Crippen LogP) is 2.94. The fourth-order valence-corrected chi connectivity index (χ4v) is 3.53. The van der Waals surface area contributed by atoms with Crippen LogP contribution in [-0.4, -0.2) is 61.2 Å². The Bertz CT molecular complexity index is 834. The highest BCUT2D eigenvalue weighted by Gasteiger charge is 2.26. The van der Waals surface area contributed by atoms with E-state index in [-0.39, 0.29) is 5.91 Å². The van der Waals surface area contributed by atoms with Gasteiger partial charge in [0.1, 0.15) is 6.61 Å². The lowest BCUT2D eigenvalue weighted by molar-refractivity contribution is 0.0179. The first kappa shape index (κ1) is 22.1. The van der Waals surface area contributed by atoms with Gasteiger partial charge in [-0.3, -0.25) is 9.69 Å². The number of hydrogen-bond donors (Lipinski definition) is 1. The zero-order valence-corrected chi connectivity index (χ0v) is 18.1. The second-order valence-electron chi connectivity index (χ2n) is 8.11. The molecule has 0 radical (unpaired) electrons. The molecule has 0 spiro atoms. The largest absolute Gasteiger partial charge is 0.471 e. The van der Waals surface area contributed by atoms with Crippen molar-refractivity contribution in [3.05, 3.63) is 53.2 Å². The van der Waals surface area contributed by atoms with E-state index in [9.17, 15) is 4.79 Å². The molecule has 1 fully saturated rings. The van der Waals surface area contributed by atoms with Gasteiger partial charge in [-0.2, -0.15) is 0 Å². The van der Waals surface area contributed by atoms with Gasteiger partial charge in [0.25, 0.3) is 5.91 Å². The topological polar surface area (TPSA) is 80.9 Å². The summed E-state index contributed by atoms with van der Waals surface area (Å²) in [6.45, 7) is 5.02. The minimum absolute atomic E-state index is 0.0195. The minimum Gasteiger partial charge on any atom is -0.471 e. The second kappa shape index (κ2) is 10.4. The summed E-state index contributed by atoms with van der Waals surface area (Å²) < 4.78 is 11.5. The highest BCUT2D eigenvalue weighted by molar-refractivity contribution is 5.96. The predicted molar refractivity (Wildman–Crippen MR) is 117 cm³/mol. The molecule has 162 valence electrons. The third kappa shape index (κ3) is 5.93. The Balaban J connectivity index is 1.56. The van der Waals surface area contributed by atoms with Crippen LogP contribution >= 0.6 is 0 Å². The smallest absolute Gasteiger partial charge is 0.255 e. The Labute approximate surface area is 178 Å². The van der Waals surface area contributed by atoms with Crippen molar-refractivity contribution in [2.75, 3.05) is 46.3 Å². The number of amides is 1. The monoisotopic (exact) mass is 412 g/mol. The first-order valence-electron chi connectivity index (χ1n) is 10.4. The maximum Gasteiger partial charge on any atom is 0.255 e. The van der Waals surface area contributed by atoms with Crippen LogP contribution in [0.15, 0.2) is 36.4 Å². The number of nitrogens with zero attached hydrogens (tertiary/aromatic N) is 3. The Kier molecular flexibility index (Phi) is 7.65. The third-order valence-electron chi connectivity index (χ3n) is 5.26. The fraction of sp³-hybridized carbons (Fsp3) is 0.478. The van der Waals surface area contributed by atoms with Crippen LogP contribution in [0.1, 0.15) is 34.5 Å². The molecule has 1 saturated heterocycles. The Morgan fingerprint density at radius 2 is 1.93 bits per heavy atom. The van der Waals surface area contributed by atoms with E-state index in [1.807, 2.05) is 61.2 Å². The Morgan fingerprint density at radius 1 is 1.23 bits per heavy atom. The maximum absolute atomic E-state index is 13.0. The molecule has 7 heteroatoms. The number of carbonyl (C=O) groups excluding carboxylic acids is 1. The number of aromatic nitrogens is 1. The van der Waals surface area contributed by atoms with E-state index in [0.29, 0.717) is 42.1 Å². The van der Waals surface area contributed by atoms with Crippen LogP contribution < -0.4 is 10.5 Å². The van der Waals surface area contributed by atoms with Crippen LogP contribution in [0.2, 0.25) is 0 Å². The van der Waals surface area contributed by atoms with Crippen molar-refractivity contribution in [2.24, 2.45) is 5.92 Å². The SMILES string of the molecule is Cc1nc(OCc2ccccc2)c(N)cc1C(=O)N1CCC(COCN(C)C)CC1. The molecule has 0 aliphatic carbocycles. The summed E-state index contributed by atoms with van der Waals surface area (Å²) in [5.41, 5.74) is 8.74. The zero-order chi connectivity index (χ0) is 21.5. The standard InChI is InChI=1S/C23H32N4O3/c1-17-20(13-21(24)22(25-17)30-15-18-7-5-4-6-8-18)23(28)27-11-9-19(10-12-27)14-29-16-26(2)3/h4-8,13,19H,9-12,14-16,24H2,1-3H3. The molecule has 7 nitrogen and oxygen atoms in total. The first-order valence-corrected chi connectivity index (χ1v) is 10.4. The molecule has 0 bridgehead atoms. The molecule has 1 aliphatic rings. The van der Waals surface area contributed by atoms with E-state index in [1.54, 1.807) is 6.07 Å². The van der Waals surface area contributed by atoms with Crippen LogP contribution in [0.25, 0.3) is 0 Å². The molecule has 3 rings (SSSR count). The van der Waals surface area contributed by atoms with E-state index >= 15 is 0 Å². The van der Waals surface area contributed by atoms with Crippen molar-refractivity contribution in [3.8, 4) is 5.88 Å². The van der Waals surface area contributed by atoms with Crippen molar-refractivity contribution in [1.82, 2.24) is 14.8 Å². The van der Waals surface area contributed by atoms with Crippen molar-refractivity contribution in [1.29, 1.82) is 0 Å². The molecule has 1 amide bonds. The number of nitrogen functional groups attached to an aromatic ring is 1. The number of ether oxygens (including phenoxy) is 2. The summed E-state index contributed by atoms with van der Waals surface area (Å²) in [7, 11) is 3.97. The van der Waals surface area contributed by atoms with Crippen LogP contribution in [0, 0.1) is 12.8 Å². The van der Waals surface area contributed by atoms with Crippen molar-refractivity contribution < 1.29 is 14.3 Å². The Hall–Kier alpha value is -2.64. The normalized spacial score (nSPS) is 14.9. The molecular formula is C23H32N4O3. The highest BCUT2D eigenvalue weighted by atomic mass is 16.5. The van der Waals surface area contributed by atoms with E-state index in [1.165, 1.54) is 0 Å². The molecule has 0 atom stereocenters. The molecule has 2 N–H and O–H groups in total. The number of pyridine rings is 1. The average Bonchev–Trinajstić information content (AvgIpc) is 2.74. The van der Waals surface area contributed by atoms with Crippen LogP contribution in [0.3, 0.4) is 0 Å². The number of carbonyl (C=O) groups is 1. The lowest BCUT2D eigenvalue weighted by atomic mass is 9.97. The van der Waals surface area contributed by atoms with Gasteiger partial charge in [-0.15, -0.1) is 0 Å². The zero-order valence-electron chi connectivity index (χ0n) is 18.1. The lowest BCUT2D eigenvalue weighted by Gasteiger charge is -2.32. The van der Waals surface area contributed by atoms with Gasteiger partial charge >= 0.3 is 0 Å². The summed E-state index contributed by atoms with van der Waals surface area (Å²) in [4.78, 5) is 21.4. The number of rotatable bonds is 8. The van der Waals surface area contributed by atoms with E-state index in [0.717, 1.165) is 38.1 Å². The quantitative estimate of drug-likeness (QED) is 0.672. The van der Waals surface area contributed by atoms with Crippen LogP contribution in [0.4, 0.5) is 5.69 Å². The van der Waals surface area contributed by atoms with Gasteiger partial charge in [-0.1, -0.05) is 30.3 Å². The molecule has 30 heavy (non-hydrogen) atoms. The average molecular weight is 413 g/mol. The molecule has 1 aliphatic heterocycles. The van der Waals surface area contributed by atoms with Crippen LogP contribution in [-0.2, 0) is 11.3 Å². The molecule has 1 aromatic heterocycles. The molecule has 0 unspecified atom stereocenters. The molecule has 0 saturated carbocycles. The second-order valence-corrected chi connectivity index (χ2v) is 8.11. The van der Waals surface area contributed by atoms with Crippen molar-refractivity contribution >= 4 is 11.6 Å². The Morgan fingerprint density at radius 3 is 2.60 bits per heavy atom. The summed E-state index contributed by atoms with van der Waals surface area (Å²) in [5, 5.41) is 0. The molecule has 1 aromatic carbocycles. The van der Waals surface area contributed by atoms with E-state index in [4.69, 9.17) is 15.2 Å². The third-order valence-corrected chi connectivity index (χ3v) is 5.26. The van der Waals surface area contributed by atoms with Crippen molar-refractivity contribution in [2.45, 2.75) is 26.4 Å². The summed E-state index contributed by atoms with van der Waals surface area (Å²) in [6.07, 6.45) is 1.89. The molecular weight excluding hydrogens is 380 g/mol. The molecule has 2 aromatic rings. The van der Waals surface area contributed by atoms with Gasteiger partial charge in [-0.25, -0.2) is 4.98 Å². The maximum atomic E-state index is 13.0. The minimum atomic E-state index is -0.0195. The van der Waals surface area contributed by atoms with Gasteiger partial charge < -0.3 is 20.1 Å². The number of piperidine rings is 1. The van der Waals surface area contributed by atoms with Gasteiger partial charge in [0.05, 0.1) is 30.3 Å². The lowest BCUT2D eigenvalue weighted by Crippen LogP contribution is -2.40. The van der Waals surface area contributed by atoms with Gasteiger partial charge in [-0.05, 0) is 51.4 Å². The van der Waals surface area contributed by atoms with Crippen molar-refractivity contribution in [3.63, 3.8) is 0 Å². The number of benzene rings is 1. The fourth-order valence-electron chi connectivity index (χ4n) is 3.53. The highest BCUT2D eigenvalue weighted by Crippen LogP contribution is 2.26. The van der Waals surface area contributed by atoms with E-state index < -0.39 is 0 Å². The number of hydrogen-bond acceptors (Lipinski definition) is 6. The summed E-state index contributed by atoms with van der Waals surface area (Å²) >= 11 is 0. The number of nitrogens with two attached hydrogens (primary N) is 1. The number of anilines is 1. The summed E-state index contributed by atoms with van der Waals surface area (Å²) in [5.74, 6) is 0.839. The first-order chi connectivity index (χ1) is 14.4.